The van der Waals surface area contributed by atoms with Gasteiger partial charge in [-0.3, -0.25) is 4.98 Å². The van der Waals surface area contributed by atoms with E-state index in [4.69, 9.17) is 0 Å². The van der Waals surface area contributed by atoms with Gasteiger partial charge in [0.15, 0.2) is 0 Å². The fourth-order valence-electron chi connectivity index (χ4n) is 2.42. The molecule has 0 spiro atoms. The lowest BCUT2D eigenvalue weighted by molar-refractivity contribution is 1.32. The Morgan fingerprint density at radius 1 is 0.944 bits per heavy atom. The summed E-state index contributed by atoms with van der Waals surface area (Å²) in [7, 11) is 0. The van der Waals surface area contributed by atoms with Crippen LogP contribution in [0.25, 0.3) is 22.0 Å². The molecule has 0 N–H and O–H groups in total. The summed E-state index contributed by atoms with van der Waals surface area (Å²) in [6.45, 7) is 0. The van der Waals surface area contributed by atoms with E-state index >= 15 is 0 Å². The summed E-state index contributed by atoms with van der Waals surface area (Å²) in [5.74, 6) is 0. The molecule has 0 saturated carbocycles. The van der Waals surface area contributed by atoms with Gasteiger partial charge in [0.25, 0.3) is 0 Å². The molecule has 3 aromatic rings. The van der Waals surface area contributed by atoms with Crippen LogP contribution in [0.3, 0.4) is 0 Å². The quantitative estimate of drug-likeness (QED) is 0.446. The van der Waals surface area contributed by atoms with Gasteiger partial charge in [-0.05, 0) is 39.7 Å². The van der Waals surface area contributed by atoms with Crippen molar-refractivity contribution in [1.82, 2.24) is 4.98 Å². The first-order chi connectivity index (χ1) is 8.84. The van der Waals surface area contributed by atoms with Crippen LogP contribution in [0.5, 0.6) is 0 Å². The summed E-state index contributed by atoms with van der Waals surface area (Å²) in [6.07, 6.45) is 1.90. The van der Waals surface area contributed by atoms with Gasteiger partial charge in [0.2, 0.25) is 0 Å². The highest BCUT2D eigenvalue weighted by Crippen LogP contribution is 2.49. The van der Waals surface area contributed by atoms with Crippen molar-refractivity contribution in [2.45, 2.75) is 9.79 Å². The smallest absolute Gasteiger partial charge is 0.0720 e. The van der Waals surface area contributed by atoms with Crippen LogP contribution in [0.4, 0.5) is 0 Å². The van der Waals surface area contributed by atoms with Crippen LogP contribution in [0.15, 0.2) is 62.9 Å². The average Bonchev–Trinajstić information content (AvgIpc) is 2.41. The largest absolute Gasteiger partial charge is 0.255 e. The van der Waals surface area contributed by atoms with E-state index in [0.717, 1.165) is 9.99 Å². The van der Waals surface area contributed by atoms with Gasteiger partial charge in [0, 0.05) is 31.4 Å². The van der Waals surface area contributed by atoms with E-state index in [1.807, 2.05) is 18.0 Å². The highest BCUT2D eigenvalue weighted by atomic mass is 79.9. The molecule has 0 radical (unpaired) electrons. The third kappa shape index (κ3) is 1.38. The Hall–Kier alpha value is -1.32. The molecule has 0 unspecified atom stereocenters. The average molecular weight is 314 g/mol. The number of nitrogens with zero attached hydrogens (tertiary/aromatic N) is 1. The van der Waals surface area contributed by atoms with Crippen molar-refractivity contribution >= 4 is 38.6 Å². The zero-order valence-corrected chi connectivity index (χ0v) is 11.8. The summed E-state index contributed by atoms with van der Waals surface area (Å²) in [5.41, 5.74) is 3.62. The van der Waals surface area contributed by atoms with E-state index in [1.165, 1.54) is 26.3 Å². The molecular weight excluding hydrogens is 306 g/mol. The minimum absolute atomic E-state index is 1.06. The van der Waals surface area contributed by atoms with E-state index in [2.05, 4.69) is 63.4 Å². The Morgan fingerprint density at radius 2 is 1.78 bits per heavy atom. The van der Waals surface area contributed by atoms with E-state index in [9.17, 15) is 0 Å². The van der Waals surface area contributed by atoms with Gasteiger partial charge in [-0.1, -0.05) is 36.0 Å². The fraction of sp³-hybridized carbons (Fsp3) is 0. The first-order valence-electron chi connectivity index (χ1n) is 5.69. The second-order valence-electron chi connectivity index (χ2n) is 4.23. The summed E-state index contributed by atoms with van der Waals surface area (Å²) >= 11 is 5.47. The summed E-state index contributed by atoms with van der Waals surface area (Å²) in [4.78, 5) is 7.09. The van der Waals surface area contributed by atoms with Crippen molar-refractivity contribution in [2.75, 3.05) is 0 Å². The molecule has 0 aliphatic carbocycles. The SMILES string of the molecule is Brc1cnc2cccc3c2c1-c1ccccc1S3. The van der Waals surface area contributed by atoms with Crippen molar-refractivity contribution < 1.29 is 0 Å². The van der Waals surface area contributed by atoms with Gasteiger partial charge in [0.05, 0.1) is 5.52 Å². The second-order valence-corrected chi connectivity index (χ2v) is 6.17. The van der Waals surface area contributed by atoms with Crippen molar-refractivity contribution in [3.05, 3.63) is 53.1 Å². The lowest BCUT2D eigenvalue weighted by atomic mass is 10.0. The molecule has 4 rings (SSSR count). The number of rotatable bonds is 0. The molecule has 1 aromatic heterocycles. The Kier molecular flexibility index (Phi) is 2.26. The lowest BCUT2D eigenvalue weighted by Gasteiger charge is -2.20. The number of hydrogen-bond acceptors (Lipinski definition) is 2. The van der Waals surface area contributed by atoms with Gasteiger partial charge < -0.3 is 0 Å². The number of fused-ring (bicyclic) bond motifs is 2. The highest BCUT2D eigenvalue weighted by Gasteiger charge is 2.20. The van der Waals surface area contributed by atoms with Crippen LogP contribution in [-0.2, 0) is 0 Å². The van der Waals surface area contributed by atoms with Crippen molar-refractivity contribution in [1.29, 1.82) is 0 Å². The first-order valence-corrected chi connectivity index (χ1v) is 7.30. The molecule has 2 aromatic carbocycles. The van der Waals surface area contributed by atoms with E-state index in [0.29, 0.717) is 0 Å². The minimum Gasteiger partial charge on any atom is -0.255 e. The highest BCUT2D eigenvalue weighted by molar-refractivity contribution is 9.10. The zero-order chi connectivity index (χ0) is 12.1. The molecule has 0 bridgehead atoms. The third-order valence-corrected chi connectivity index (χ3v) is 4.92. The maximum absolute atomic E-state index is 4.50. The maximum atomic E-state index is 4.50. The summed E-state index contributed by atoms with van der Waals surface area (Å²) in [6, 6.07) is 14.8. The Bertz CT molecular complexity index is 783. The Balaban J connectivity index is 2.25. The molecule has 18 heavy (non-hydrogen) atoms. The maximum Gasteiger partial charge on any atom is 0.0720 e. The Morgan fingerprint density at radius 3 is 2.72 bits per heavy atom. The molecule has 3 heteroatoms. The van der Waals surface area contributed by atoms with Gasteiger partial charge in [-0.25, -0.2) is 0 Å². The molecular formula is C15H8BrNS. The van der Waals surface area contributed by atoms with Crippen LogP contribution in [0.2, 0.25) is 0 Å². The summed E-state index contributed by atoms with van der Waals surface area (Å²) < 4.78 is 1.06. The monoisotopic (exact) mass is 313 g/mol. The fourth-order valence-corrected chi connectivity index (χ4v) is 4.05. The van der Waals surface area contributed by atoms with Crippen LogP contribution in [0.1, 0.15) is 0 Å². The number of halogens is 1. The van der Waals surface area contributed by atoms with E-state index < -0.39 is 0 Å². The summed E-state index contributed by atoms with van der Waals surface area (Å²) in [5, 5.41) is 1.26. The molecule has 1 aliphatic rings. The van der Waals surface area contributed by atoms with Gasteiger partial charge >= 0.3 is 0 Å². The lowest BCUT2D eigenvalue weighted by Crippen LogP contribution is -1.95. The molecule has 1 nitrogen and oxygen atoms in total. The number of aromatic nitrogens is 1. The first kappa shape index (κ1) is 10.6. The van der Waals surface area contributed by atoms with Crippen LogP contribution < -0.4 is 0 Å². The van der Waals surface area contributed by atoms with Crippen LogP contribution in [-0.4, -0.2) is 4.98 Å². The van der Waals surface area contributed by atoms with Crippen molar-refractivity contribution in [2.24, 2.45) is 0 Å². The normalized spacial score (nSPS) is 12.5. The molecule has 0 amide bonds. The van der Waals surface area contributed by atoms with Crippen LogP contribution in [0, 0.1) is 0 Å². The van der Waals surface area contributed by atoms with Crippen molar-refractivity contribution in [3.63, 3.8) is 0 Å². The second kappa shape index (κ2) is 3.84. The van der Waals surface area contributed by atoms with Gasteiger partial charge in [0.1, 0.15) is 0 Å². The van der Waals surface area contributed by atoms with Crippen molar-refractivity contribution in [3.8, 4) is 11.1 Å². The molecule has 0 fully saturated rings. The molecule has 0 saturated heterocycles. The number of pyridine rings is 1. The molecule has 1 aliphatic heterocycles. The van der Waals surface area contributed by atoms with Gasteiger partial charge in [-0.15, -0.1) is 0 Å². The van der Waals surface area contributed by atoms with Crippen LogP contribution >= 0.6 is 27.7 Å². The topological polar surface area (TPSA) is 12.9 Å². The molecule has 86 valence electrons. The van der Waals surface area contributed by atoms with E-state index in [1.54, 1.807) is 0 Å². The predicted molar refractivity (Wildman–Crippen MR) is 79.0 cm³/mol. The predicted octanol–water partition coefficient (Wildman–Crippen LogP) is 5.13. The standard InChI is InChI=1S/C15H8BrNS/c16-10-8-17-11-5-3-7-13-15(11)14(10)9-4-1-2-6-12(9)18-13/h1-8H. The minimum atomic E-state index is 1.06. The molecule has 0 atom stereocenters. The zero-order valence-electron chi connectivity index (χ0n) is 9.35. The molecule has 2 heterocycles. The van der Waals surface area contributed by atoms with Gasteiger partial charge in [-0.2, -0.15) is 0 Å². The Labute approximate surface area is 117 Å². The number of benzene rings is 2. The van der Waals surface area contributed by atoms with E-state index in [-0.39, 0.29) is 0 Å². The third-order valence-electron chi connectivity index (χ3n) is 3.19. The number of hydrogen-bond donors (Lipinski definition) is 0.